The van der Waals surface area contributed by atoms with E-state index in [1.165, 1.54) is 12.1 Å². The molecule has 0 fully saturated rings. The lowest BCUT2D eigenvalue weighted by Crippen LogP contribution is -1.86. The third kappa shape index (κ3) is 1.61. The molecular weight excluding hydrogens is 219 g/mol. The molecule has 0 spiro atoms. The van der Waals surface area contributed by atoms with Crippen LogP contribution in [0.3, 0.4) is 0 Å². The Hall–Kier alpha value is -2.43. The monoisotopic (exact) mass is 228 g/mol. The molecule has 0 aliphatic heterocycles. The summed E-state index contributed by atoms with van der Waals surface area (Å²) in [7, 11) is 0. The van der Waals surface area contributed by atoms with Crippen LogP contribution >= 0.6 is 0 Å². The summed E-state index contributed by atoms with van der Waals surface area (Å²) in [6, 6.07) is 9.85. The van der Waals surface area contributed by atoms with Crippen molar-refractivity contribution >= 4 is 16.9 Å². The Balaban J connectivity index is 2.14. The van der Waals surface area contributed by atoms with Crippen LogP contribution in [0.15, 0.2) is 36.4 Å². The molecule has 17 heavy (non-hydrogen) atoms. The first-order valence-corrected chi connectivity index (χ1v) is 5.10. The van der Waals surface area contributed by atoms with Gasteiger partial charge in [0.05, 0.1) is 11.1 Å². The molecule has 2 aromatic heterocycles. The lowest BCUT2D eigenvalue weighted by atomic mass is 10.1. The fraction of sp³-hybridized carbons (Fsp3) is 0. The minimum absolute atomic E-state index is 0.265. The van der Waals surface area contributed by atoms with Crippen molar-refractivity contribution in [2.75, 3.05) is 5.73 Å². The molecule has 1 aromatic carbocycles. The van der Waals surface area contributed by atoms with Gasteiger partial charge in [0.15, 0.2) is 5.65 Å². The summed E-state index contributed by atoms with van der Waals surface area (Å²) in [5, 5.41) is 7.44. The predicted molar refractivity (Wildman–Crippen MR) is 63.7 cm³/mol. The molecular formula is C12H9FN4. The predicted octanol–water partition coefficient (Wildman–Crippen LogP) is 2.35. The van der Waals surface area contributed by atoms with Crippen LogP contribution in [0.1, 0.15) is 0 Å². The van der Waals surface area contributed by atoms with Crippen molar-refractivity contribution in [3.8, 4) is 11.3 Å². The van der Waals surface area contributed by atoms with Gasteiger partial charge in [0.25, 0.3) is 0 Å². The van der Waals surface area contributed by atoms with Crippen molar-refractivity contribution in [2.24, 2.45) is 0 Å². The van der Waals surface area contributed by atoms with Crippen molar-refractivity contribution in [3.05, 3.63) is 42.2 Å². The molecule has 3 aromatic rings. The molecule has 0 bridgehead atoms. The zero-order valence-electron chi connectivity index (χ0n) is 8.81. The maximum Gasteiger partial charge on any atom is 0.183 e. The average Bonchev–Trinajstić information content (AvgIpc) is 2.72. The van der Waals surface area contributed by atoms with Crippen LogP contribution in [0.5, 0.6) is 0 Å². The molecule has 0 unspecified atom stereocenters. The normalized spacial score (nSPS) is 10.9. The van der Waals surface area contributed by atoms with Crippen LogP contribution in [0.4, 0.5) is 10.2 Å². The summed E-state index contributed by atoms with van der Waals surface area (Å²) in [6.07, 6.45) is 0. The molecule has 3 N–H and O–H groups in total. The SMILES string of the molecule is Nc1[nH]nc2nc(-c3ccc(F)cc3)ccc12. The molecule has 4 nitrogen and oxygen atoms in total. The molecule has 0 amide bonds. The Morgan fingerprint density at radius 3 is 2.59 bits per heavy atom. The van der Waals surface area contributed by atoms with Crippen LogP contribution in [0, 0.1) is 5.82 Å². The quantitative estimate of drug-likeness (QED) is 0.671. The van der Waals surface area contributed by atoms with Gasteiger partial charge in [-0.25, -0.2) is 9.37 Å². The van der Waals surface area contributed by atoms with E-state index < -0.39 is 0 Å². The molecule has 0 saturated heterocycles. The Kier molecular flexibility index (Phi) is 2.04. The topological polar surface area (TPSA) is 67.6 Å². The van der Waals surface area contributed by atoms with Gasteiger partial charge < -0.3 is 5.73 Å². The van der Waals surface area contributed by atoms with E-state index in [2.05, 4.69) is 15.2 Å². The van der Waals surface area contributed by atoms with E-state index in [1.807, 2.05) is 12.1 Å². The second-order valence-corrected chi connectivity index (χ2v) is 3.71. The number of benzene rings is 1. The molecule has 0 aliphatic carbocycles. The number of aromatic nitrogens is 3. The second kappa shape index (κ2) is 3.55. The lowest BCUT2D eigenvalue weighted by Gasteiger charge is -2.00. The minimum Gasteiger partial charge on any atom is -0.384 e. The highest BCUT2D eigenvalue weighted by Gasteiger charge is 2.06. The smallest absolute Gasteiger partial charge is 0.183 e. The summed E-state index contributed by atoms with van der Waals surface area (Å²) < 4.78 is 12.8. The van der Waals surface area contributed by atoms with E-state index in [4.69, 9.17) is 5.73 Å². The first-order valence-electron chi connectivity index (χ1n) is 5.10. The third-order valence-corrected chi connectivity index (χ3v) is 2.59. The van der Waals surface area contributed by atoms with Gasteiger partial charge in [-0.15, -0.1) is 0 Å². The number of pyridine rings is 1. The molecule has 2 heterocycles. The largest absolute Gasteiger partial charge is 0.384 e. The number of halogens is 1. The number of rotatable bonds is 1. The summed E-state index contributed by atoms with van der Waals surface area (Å²) in [5.74, 6) is 0.233. The van der Waals surface area contributed by atoms with E-state index in [1.54, 1.807) is 12.1 Å². The number of fused-ring (bicyclic) bond motifs is 1. The second-order valence-electron chi connectivity index (χ2n) is 3.71. The number of hydrogen-bond acceptors (Lipinski definition) is 3. The van der Waals surface area contributed by atoms with Crippen LogP contribution in [0.25, 0.3) is 22.3 Å². The molecule has 3 rings (SSSR count). The van der Waals surface area contributed by atoms with Gasteiger partial charge in [-0.05, 0) is 36.4 Å². The van der Waals surface area contributed by atoms with Gasteiger partial charge in [0.1, 0.15) is 11.6 Å². The van der Waals surface area contributed by atoms with Gasteiger partial charge in [-0.2, -0.15) is 5.10 Å². The Bertz CT molecular complexity index is 673. The van der Waals surface area contributed by atoms with Crippen LogP contribution in [-0.2, 0) is 0 Å². The molecule has 0 atom stereocenters. The molecule has 0 saturated carbocycles. The highest BCUT2D eigenvalue weighted by molar-refractivity contribution is 5.87. The van der Waals surface area contributed by atoms with Crippen LogP contribution in [0.2, 0.25) is 0 Å². The summed E-state index contributed by atoms with van der Waals surface area (Å²) in [5.41, 5.74) is 7.82. The minimum atomic E-state index is -0.265. The molecule has 5 heteroatoms. The van der Waals surface area contributed by atoms with Crippen LogP contribution in [-0.4, -0.2) is 15.2 Å². The van der Waals surface area contributed by atoms with Crippen molar-refractivity contribution < 1.29 is 4.39 Å². The molecule has 84 valence electrons. The number of nitrogens with two attached hydrogens (primary N) is 1. The number of aromatic amines is 1. The number of H-pyrrole nitrogens is 1. The Morgan fingerprint density at radius 2 is 1.82 bits per heavy atom. The van der Waals surface area contributed by atoms with Gasteiger partial charge in [-0.1, -0.05) is 0 Å². The summed E-state index contributed by atoms with van der Waals surface area (Å²) in [6.45, 7) is 0. The van der Waals surface area contributed by atoms with Crippen LogP contribution < -0.4 is 5.73 Å². The van der Waals surface area contributed by atoms with Crippen molar-refractivity contribution in [1.29, 1.82) is 0 Å². The van der Waals surface area contributed by atoms with E-state index in [0.717, 1.165) is 16.6 Å². The van der Waals surface area contributed by atoms with Crippen molar-refractivity contribution in [2.45, 2.75) is 0 Å². The van der Waals surface area contributed by atoms with E-state index in [9.17, 15) is 4.39 Å². The maximum absolute atomic E-state index is 12.8. The molecule has 0 radical (unpaired) electrons. The summed E-state index contributed by atoms with van der Waals surface area (Å²) in [4.78, 5) is 4.35. The first kappa shape index (κ1) is 9.77. The average molecular weight is 228 g/mol. The highest BCUT2D eigenvalue weighted by Crippen LogP contribution is 2.22. The first-order chi connectivity index (χ1) is 8.24. The van der Waals surface area contributed by atoms with E-state index >= 15 is 0 Å². The molecule has 0 aliphatic rings. The number of hydrogen-bond donors (Lipinski definition) is 2. The number of nitrogens with one attached hydrogen (secondary N) is 1. The number of anilines is 1. The van der Waals surface area contributed by atoms with Gasteiger partial charge in [0.2, 0.25) is 0 Å². The van der Waals surface area contributed by atoms with Crippen molar-refractivity contribution in [1.82, 2.24) is 15.2 Å². The van der Waals surface area contributed by atoms with E-state index in [0.29, 0.717) is 11.5 Å². The summed E-state index contributed by atoms with van der Waals surface area (Å²) >= 11 is 0. The van der Waals surface area contributed by atoms with Gasteiger partial charge >= 0.3 is 0 Å². The maximum atomic E-state index is 12.8. The fourth-order valence-electron chi connectivity index (χ4n) is 1.70. The zero-order valence-corrected chi connectivity index (χ0v) is 8.81. The highest BCUT2D eigenvalue weighted by atomic mass is 19.1. The lowest BCUT2D eigenvalue weighted by molar-refractivity contribution is 0.628. The Labute approximate surface area is 96.3 Å². The third-order valence-electron chi connectivity index (χ3n) is 2.59. The number of nitrogens with zero attached hydrogens (tertiary/aromatic N) is 2. The van der Waals surface area contributed by atoms with Crippen molar-refractivity contribution in [3.63, 3.8) is 0 Å². The standard InChI is InChI=1S/C12H9FN4/c13-8-3-1-7(2-4-8)10-6-5-9-11(14)16-17-12(9)15-10/h1-6H,(H3,14,15,16,17). The van der Waals surface area contributed by atoms with Gasteiger partial charge in [-0.3, -0.25) is 5.10 Å². The number of nitrogen functional groups attached to an aromatic ring is 1. The van der Waals surface area contributed by atoms with Gasteiger partial charge in [0, 0.05) is 5.56 Å². The Morgan fingerprint density at radius 1 is 1.06 bits per heavy atom. The van der Waals surface area contributed by atoms with E-state index in [-0.39, 0.29) is 5.82 Å². The fourth-order valence-corrected chi connectivity index (χ4v) is 1.70. The zero-order chi connectivity index (χ0) is 11.8.